The van der Waals surface area contributed by atoms with Crippen molar-refractivity contribution in [3.05, 3.63) is 59.4 Å². The summed E-state index contributed by atoms with van der Waals surface area (Å²) >= 11 is 7.55. The van der Waals surface area contributed by atoms with E-state index in [-0.39, 0.29) is 28.1 Å². The average molecular weight is 995 g/mol. The van der Waals surface area contributed by atoms with Crippen LogP contribution in [0.15, 0.2) is 58.7 Å². The molecule has 9 rings (SSSR count). The molecule has 3 saturated carbocycles. The Balaban J connectivity index is 0.000000163. The molecule has 5 heterocycles. The minimum atomic E-state index is -1.07. The highest BCUT2D eigenvalue weighted by molar-refractivity contribution is 7.99. The smallest absolute Gasteiger partial charge is 0.410 e. The molecule has 14 nitrogen and oxygen atoms in total. The maximum atomic E-state index is 12.7. The Morgan fingerprint density at radius 2 is 1.41 bits per heavy atom. The fraction of sp³-hybridized carbons (Fsp3) is 0.686. The number of nitrogens with two attached hydrogens (primary N) is 4. The van der Waals surface area contributed by atoms with Crippen molar-refractivity contribution in [2.24, 2.45) is 45.5 Å². The molecular weight excluding hydrogens is 914 g/mol. The number of nitrogens with zero attached hydrogens (tertiary/aromatic N) is 5. The summed E-state index contributed by atoms with van der Waals surface area (Å²) in [4.78, 5) is 30.4. The molecule has 6 fully saturated rings. The van der Waals surface area contributed by atoms with E-state index in [9.17, 15) is 9.00 Å². The van der Waals surface area contributed by atoms with Crippen molar-refractivity contribution in [2.75, 3.05) is 55.6 Å². The molecule has 3 aliphatic carbocycles. The highest BCUT2D eigenvalue weighted by Gasteiger charge is 2.50. The van der Waals surface area contributed by atoms with Gasteiger partial charge in [0.2, 0.25) is 0 Å². The molecule has 68 heavy (non-hydrogen) atoms. The van der Waals surface area contributed by atoms with Crippen LogP contribution in [0.1, 0.15) is 124 Å². The van der Waals surface area contributed by atoms with Crippen LogP contribution < -0.4 is 37.9 Å². The first-order valence-corrected chi connectivity index (χ1v) is 27.5. The topological polar surface area (TPSA) is 217 Å². The Kier molecular flexibility index (Phi) is 17.4. The van der Waals surface area contributed by atoms with Crippen LogP contribution >= 0.6 is 23.4 Å². The van der Waals surface area contributed by atoms with Crippen molar-refractivity contribution in [3.63, 3.8) is 0 Å². The molecule has 6 aliphatic rings. The SMILES string of the molecule is C[C@@H]1C[C@@H](N)C2(CCN(c3cnc(Sc4ccnc(N)c4Cl)c(N)n3)CC2)C1.C[C@@H]1C[C@@H](N)C2(CCNCC2)C1.C[C@@H]1C[C@@H](N[S@](=O)C(C)(C)C)C2(CCN(C(=O)OCc3ccccc3)CC2)C1. The van der Waals surface area contributed by atoms with Crippen LogP contribution in [0.3, 0.4) is 0 Å². The quantitative estimate of drug-likeness (QED) is 0.131. The molecule has 2 aromatic heterocycles. The van der Waals surface area contributed by atoms with Crippen molar-refractivity contribution >= 4 is 57.9 Å². The van der Waals surface area contributed by atoms with E-state index in [1.807, 2.05) is 56.0 Å². The lowest BCUT2D eigenvalue weighted by Crippen LogP contribution is -2.52. The van der Waals surface area contributed by atoms with E-state index in [4.69, 9.17) is 39.3 Å². The number of piperidine rings is 3. The molecule has 0 unspecified atom stereocenters. The summed E-state index contributed by atoms with van der Waals surface area (Å²) in [5.41, 5.74) is 26.6. The van der Waals surface area contributed by atoms with Gasteiger partial charge in [-0.05, 0) is 157 Å². The van der Waals surface area contributed by atoms with Crippen LogP contribution in [-0.4, -0.2) is 92.3 Å². The van der Waals surface area contributed by atoms with E-state index in [2.05, 4.69) is 50.7 Å². The highest BCUT2D eigenvalue weighted by atomic mass is 35.5. The summed E-state index contributed by atoms with van der Waals surface area (Å²) in [6, 6.07) is 12.6. The Hall–Kier alpha value is -3.25. The maximum absolute atomic E-state index is 12.7. The average Bonchev–Trinajstić information content (AvgIpc) is 3.87. The van der Waals surface area contributed by atoms with Gasteiger partial charge in [-0.25, -0.2) is 28.7 Å². The largest absolute Gasteiger partial charge is 0.445 e. The number of pyridine rings is 1. The van der Waals surface area contributed by atoms with Crippen molar-refractivity contribution < 1.29 is 13.7 Å². The van der Waals surface area contributed by atoms with Gasteiger partial charge in [-0.15, -0.1) is 0 Å². The Labute approximate surface area is 418 Å². The van der Waals surface area contributed by atoms with Gasteiger partial charge in [-0.2, -0.15) is 0 Å². The Bertz CT molecular complexity index is 2160. The number of ether oxygens (including phenoxy) is 1. The lowest BCUT2D eigenvalue weighted by atomic mass is 9.74. The second-order valence-corrected chi connectivity index (χ2v) is 25.7. The fourth-order valence-corrected chi connectivity index (χ4v) is 14.2. The van der Waals surface area contributed by atoms with Crippen LogP contribution in [0.2, 0.25) is 5.02 Å². The summed E-state index contributed by atoms with van der Waals surface area (Å²) in [5, 5.41) is 4.43. The third kappa shape index (κ3) is 12.6. The number of aromatic nitrogens is 3. The van der Waals surface area contributed by atoms with Crippen LogP contribution in [0.4, 0.5) is 22.2 Å². The molecule has 3 saturated heterocycles. The second kappa shape index (κ2) is 22.4. The molecule has 376 valence electrons. The molecule has 3 aromatic rings. The first-order chi connectivity index (χ1) is 32.3. The Morgan fingerprint density at radius 3 is 1.99 bits per heavy atom. The van der Waals surface area contributed by atoms with Gasteiger partial charge in [0.05, 0.1) is 27.0 Å². The molecule has 1 amide bonds. The molecule has 3 aliphatic heterocycles. The van der Waals surface area contributed by atoms with Gasteiger partial charge in [0.1, 0.15) is 23.3 Å². The summed E-state index contributed by atoms with van der Waals surface area (Å²) in [6.07, 6.45) is 17.0. The molecule has 7 atom stereocenters. The normalized spacial score (nSPS) is 27.6. The van der Waals surface area contributed by atoms with Crippen LogP contribution in [0, 0.1) is 34.0 Å². The second-order valence-electron chi connectivity index (χ2n) is 22.3. The van der Waals surface area contributed by atoms with E-state index >= 15 is 0 Å². The minimum absolute atomic E-state index is 0.135. The zero-order chi connectivity index (χ0) is 48.9. The van der Waals surface area contributed by atoms with Gasteiger partial charge in [0, 0.05) is 55.4 Å². The number of likely N-dealkylation sites (tertiary alicyclic amines) is 1. The van der Waals surface area contributed by atoms with E-state index in [1.165, 1.54) is 57.0 Å². The number of hydrogen-bond acceptors (Lipinski definition) is 13. The molecule has 0 bridgehead atoms. The van der Waals surface area contributed by atoms with Crippen molar-refractivity contribution in [1.82, 2.24) is 29.9 Å². The number of benzene rings is 1. The summed E-state index contributed by atoms with van der Waals surface area (Å²) in [7, 11) is -1.07. The van der Waals surface area contributed by atoms with Gasteiger partial charge in [0.25, 0.3) is 0 Å². The third-order valence-corrected chi connectivity index (χ3v) is 19.3. The molecule has 0 radical (unpaired) electrons. The van der Waals surface area contributed by atoms with Crippen molar-refractivity contribution in [2.45, 2.75) is 158 Å². The highest BCUT2D eigenvalue weighted by Crippen LogP contribution is 2.51. The molecule has 17 heteroatoms. The molecule has 3 spiro atoms. The van der Waals surface area contributed by atoms with E-state index in [0.29, 0.717) is 64.4 Å². The van der Waals surface area contributed by atoms with Gasteiger partial charge in [-0.3, -0.25) is 0 Å². The van der Waals surface area contributed by atoms with Gasteiger partial charge < -0.3 is 42.8 Å². The number of amides is 1. The van der Waals surface area contributed by atoms with Crippen LogP contribution in [0.5, 0.6) is 0 Å². The number of nitrogen functional groups attached to an aromatic ring is 2. The number of carbonyl (C=O) groups excluding carboxylic acids is 1. The monoisotopic (exact) mass is 994 g/mol. The van der Waals surface area contributed by atoms with Crippen molar-refractivity contribution in [1.29, 1.82) is 0 Å². The van der Waals surface area contributed by atoms with Gasteiger partial charge >= 0.3 is 6.09 Å². The summed E-state index contributed by atoms with van der Waals surface area (Å²) < 4.78 is 21.3. The number of carbonyl (C=O) groups is 1. The summed E-state index contributed by atoms with van der Waals surface area (Å²) in [6.45, 7) is 18.9. The zero-order valence-corrected chi connectivity index (χ0v) is 43.9. The lowest BCUT2D eigenvalue weighted by Gasteiger charge is -2.43. The number of hydrogen-bond donors (Lipinski definition) is 6. The molecule has 10 N–H and O–H groups in total. The van der Waals surface area contributed by atoms with E-state index in [1.54, 1.807) is 18.5 Å². The first-order valence-electron chi connectivity index (χ1n) is 25.1. The van der Waals surface area contributed by atoms with E-state index in [0.717, 1.165) is 86.1 Å². The predicted molar refractivity (Wildman–Crippen MR) is 278 cm³/mol. The zero-order valence-electron chi connectivity index (χ0n) is 41.5. The standard InChI is InChI=1S/C22H34N2O3S.C19H26ClN7S.C10H20N2/c1-17-14-19(23-28(26)21(2,3)4)22(15-17)10-12-24(13-11-22)20(25)27-16-18-8-6-5-7-9-18;1-11-8-13(21)19(9-11)3-6-27(7-4-19)14-10-25-18(17(23)26-14)28-12-2-5-24-16(22)15(12)20;1-8-6-9(11)10(7-8)2-4-12-5-3-10/h5-9,17,19,23H,10-16H2,1-4H3;2,5,10-11,13H,3-4,6-9,21H2,1H3,(H2,22,24)(H2,23,26);8-9,12H,2-7,11H2,1H3/t17-,19-,28-;11-,13-;8-,9-/m111/s1. The van der Waals surface area contributed by atoms with Gasteiger partial charge in [0.15, 0.2) is 5.82 Å². The van der Waals surface area contributed by atoms with Crippen molar-refractivity contribution in [3.8, 4) is 0 Å². The third-order valence-electron chi connectivity index (χ3n) is 16.1. The molecular formula is C51H80ClN11O3S2. The van der Waals surface area contributed by atoms with E-state index < -0.39 is 11.0 Å². The van der Waals surface area contributed by atoms with Crippen LogP contribution in [0.25, 0.3) is 0 Å². The number of anilines is 3. The first kappa shape index (κ1) is 52.6. The minimum Gasteiger partial charge on any atom is -0.445 e. The van der Waals surface area contributed by atoms with Gasteiger partial charge in [-0.1, -0.05) is 74.5 Å². The molecule has 1 aromatic carbocycles. The predicted octanol–water partition coefficient (Wildman–Crippen LogP) is 8.55. The Morgan fingerprint density at radius 1 is 0.838 bits per heavy atom. The fourth-order valence-electron chi connectivity index (χ4n) is 12.3. The number of halogens is 1. The number of nitrogens with one attached hydrogen (secondary N) is 2. The maximum Gasteiger partial charge on any atom is 0.410 e. The number of rotatable bonds is 7. The lowest BCUT2D eigenvalue weighted by molar-refractivity contribution is 0.0553. The van der Waals surface area contributed by atoms with Crippen LogP contribution in [-0.2, 0) is 22.3 Å². The summed E-state index contributed by atoms with van der Waals surface area (Å²) in [5.74, 6) is 3.69.